The van der Waals surface area contributed by atoms with Crippen LogP contribution in [0.1, 0.15) is 35.2 Å². The summed E-state index contributed by atoms with van der Waals surface area (Å²) in [5.41, 5.74) is -1.27. The van der Waals surface area contributed by atoms with Gasteiger partial charge in [0.2, 0.25) is 0 Å². The van der Waals surface area contributed by atoms with Crippen molar-refractivity contribution in [2.45, 2.75) is 31.0 Å². The van der Waals surface area contributed by atoms with Crippen LogP contribution in [-0.2, 0) is 6.18 Å². The molecule has 1 aromatic rings. The van der Waals surface area contributed by atoms with Crippen molar-refractivity contribution in [3.8, 4) is 0 Å². The average molecular weight is 292 g/mol. The lowest BCUT2D eigenvalue weighted by atomic mass is 9.78. The summed E-state index contributed by atoms with van der Waals surface area (Å²) in [5.74, 6) is -0.232. The molecule has 1 amide bonds. The maximum atomic E-state index is 12.6. The maximum absolute atomic E-state index is 12.6. The van der Waals surface area contributed by atoms with Crippen molar-refractivity contribution in [3.63, 3.8) is 0 Å². The Kier molecular flexibility index (Phi) is 3.76. The molecule has 2 nitrogen and oxygen atoms in total. The van der Waals surface area contributed by atoms with Gasteiger partial charge >= 0.3 is 6.18 Å². The second-order valence-corrected chi connectivity index (χ2v) is 5.07. The van der Waals surface area contributed by atoms with E-state index < -0.39 is 23.2 Å². The highest BCUT2D eigenvalue weighted by Gasteiger charge is 2.38. The van der Waals surface area contributed by atoms with E-state index >= 15 is 0 Å². The van der Waals surface area contributed by atoms with Crippen LogP contribution in [0.3, 0.4) is 0 Å². The Morgan fingerprint density at radius 1 is 1.37 bits per heavy atom. The number of halogens is 4. The smallest absolute Gasteiger partial charge is 0.345 e. The van der Waals surface area contributed by atoms with E-state index in [0.29, 0.717) is 0 Å². The van der Waals surface area contributed by atoms with E-state index in [0.717, 1.165) is 31.4 Å². The Balaban J connectivity index is 2.15. The molecule has 104 valence electrons. The Hall–Kier alpha value is -1.23. The number of alkyl halides is 4. The first kappa shape index (κ1) is 14.2. The van der Waals surface area contributed by atoms with Crippen molar-refractivity contribution in [1.82, 2.24) is 5.32 Å². The predicted molar refractivity (Wildman–Crippen MR) is 66.2 cm³/mol. The van der Waals surface area contributed by atoms with Crippen molar-refractivity contribution >= 4 is 17.5 Å². The molecular formula is C13H13ClF3NO. The zero-order chi connectivity index (χ0) is 14.1. The molecule has 6 heteroatoms. The van der Waals surface area contributed by atoms with Gasteiger partial charge in [-0.1, -0.05) is 6.07 Å². The number of hydrogen-bond donors (Lipinski definition) is 1. The van der Waals surface area contributed by atoms with Crippen molar-refractivity contribution < 1.29 is 18.0 Å². The molecule has 0 aromatic heterocycles. The standard InChI is InChI=1S/C13H13ClF3NO/c14-8-12(5-2-6-12)18-11(19)9-3-1-4-10(7-9)13(15,16)17/h1,3-4,7H,2,5-6,8H2,(H,18,19). The lowest BCUT2D eigenvalue weighted by Crippen LogP contribution is -2.55. The van der Waals surface area contributed by atoms with Gasteiger partial charge < -0.3 is 5.32 Å². The summed E-state index contributed by atoms with van der Waals surface area (Å²) in [7, 11) is 0. The molecule has 0 spiro atoms. The third-order valence-electron chi connectivity index (χ3n) is 3.40. The molecule has 1 aliphatic rings. The molecule has 0 unspecified atom stereocenters. The maximum Gasteiger partial charge on any atom is 0.416 e. The fourth-order valence-corrected chi connectivity index (χ4v) is 2.38. The van der Waals surface area contributed by atoms with Crippen molar-refractivity contribution in [2.24, 2.45) is 0 Å². The summed E-state index contributed by atoms with van der Waals surface area (Å²) in [6.45, 7) is 0. The highest BCUT2D eigenvalue weighted by molar-refractivity contribution is 6.19. The molecule has 19 heavy (non-hydrogen) atoms. The first-order chi connectivity index (χ1) is 8.86. The normalized spacial score (nSPS) is 17.7. The summed E-state index contributed by atoms with van der Waals surface area (Å²) < 4.78 is 37.7. The van der Waals surface area contributed by atoms with Crippen LogP contribution < -0.4 is 5.32 Å². The molecular weight excluding hydrogens is 279 g/mol. The van der Waals surface area contributed by atoms with Crippen LogP contribution in [0.15, 0.2) is 24.3 Å². The minimum Gasteiger partial charge on any atom is -0.345 e. The lowest BCUT2D eigenvalue weighted by molar-refractivity contribution is -0.137. The van der Waals surface area contributed by atoms with E-state index in [1.54, 1.807) is 0 Å². The van der Waals surface area contributed by atoms with Gasteiger partial charge in [-0.05, 0) is 37.5 Å². The fourth-order valence-electron chi connectivity index (χ4n) is 2.05. The Morgan fingerprint density at radius 2 is 2.05 bits per heavy atom. The minimum absolute atomic E-state index is 0.00576. The van der Waals surface area contributed by atoms with Crippen LogP contribution in [0, 0.1) is 0 Å². The van der Waals surface area contributed by atoms with E-state index in [-0.39, 0.29) is 11.4 Å². The zero-order valence-corrected chi connectivity index (χ0v) is 10.8. The van der Waals surface area contributed by atoms with Gasteiger partial charge in [-0.25, -0.2) is 0 Å². The molecule has 0 bridgehead atoms. The fraction of sp³-hybridized carbons (Fsp3) is 0.462. The number of nitrogens with one attached hydrogen (secondary N) is 1. The third-order valence-corrected chi connectivity index (χ3v) is 3.91. The van der Waals surface area contributed by atoms with Gasteiger partial charge in [-0.3, -0.25) is 4.79 Å². The van der Waals surface area contributed by atoms with Crippen LogP contribution >= 0.6 is 11.6 Å². The molecule has 1 fully saturated rings. The number of carbonyl (C=O) groups is 1. The van der Waals surface area contributed by atoms with Gasteiger partial charge in [0.25, 0.3) is 5.91 Å². The molecule has 1 aliphatic carbocycles. The van der Waals surface area contributed by atoms with E-state index in [2.05, 4.69) is 5.32 Å². The summed E-state index contributed by atoms with van der Waals surface area (Å²) in [5, 5.41) is 2.74. The molecule has 0 radical (unpaired) electrons. The second-order valence-electron chi connectivity index (χ2n) is 4.80. The van der Waals surface area contributed by atoms with E-state index in [9.17, 15) is 18.0 Å². The highest BCUT2D eigenvalue weighted by atomic mass is 35.5. The Morgan fingerprint density at radius 3 is 2.53 bits per heavy atom. The van der Waals surface area contributed by atoms with Gasteiger partial charge in [0.1, 0.15) is 0 Å². The molecule has 1 N–H and O–H groups in total. The van der Waals surface area contributed by atoms with Crippen molar-refractivity contribution in [2.75, 3.05) is 5.88 Å². The molecule has 0 saturated heterocycles. The molecule has 0 heterocycles. The van der Waals surface area contributed by atoms with Gasteiger partial charge in [0.15, 0.2) is 0 Å². The number of hydrogen-bond acceptors (Lipinski definition) is 1. The minimum atomic E-state index is -4.45. The molecule has 1 aromatic carbocycles. The van der Waals surface area contributed by atoms with Crippen LogP contribution in [0.5, 0.6) is 0 Å². The zero-order valence-electron chi connectivity index (χ0n) is 10.1. The summed E-state index contributed by atoms with van der Waals surface area (Å²) in [6.07, 6.45) is -1.95. The first-order valence-corrected chi connectivity index (χ1v) is 6.45. The first-order valence-electron chi connectivity index (χ1n) is 5.92. The van der Waals surface area contributed by atoms with Gasteiger partial charge in [0.05, 0.1) is 11.1 Å². The van der Waals surface area contributed by atoms with Crippen LogP contribution in [0.25, 0.3) is 0 Å². The summed E-state index contributed by atoms with van der Waals surface area (Å²) in [4.78, 5) is 12.0. The lowest BCUT2D eigenvalue weighted by Gasteiger charge is -2.41. The van der Waals surface area contributed by atoms with Crippen LogP contribution in [-0.4, -0.2) is 17.3 Å². The van der Waals surface area contributed by atoms with Crippen molar-refractivity contribution in [3.05, 3.63) is 35.4 Å². The molecule has 0 aliphatic heterocycles. The number of benzene rings is 1. The van der Waals surface area contributed by atoms with Gasteiger partial charge in [-0.2, -0.15) is 13.2 Å². The number of rotatable bonds is 3. The molecule has 2 rings (SSSR count). The second kappa shape index (κ2) is 5.04. The monoisotopic (exact) mass is 291 g/mol. The SMILES string of the molecule is O=C(NC1(CCl)CCC1)c1cccc(C(F)(F)F)c1. The van der Waals surface area contributed by atoms with Crippen molar-refractivity contribution in [1.29, 1.82) is 0 Å². The largest absolute Gasteiger partial charge is 0.416 e. The number of amides is 1. The van der Waals surface area contributed by atoms with Gasteiger partial charge in [0, 0.05) is 11.4 Å². The van der Waals surface area contributed by atoms with Crippen LogP contribution in [0.2, 0.25) is 0 Å². The molecule has 1 saturated carbocycles. The van der Waals surface area contributed by atoms with Crippen LogP contribution in [0.4, 0.5) is 13.2 Å². The average Bonchev–Trinajstić information content (AvgIpc) is 2.32. The van der Waals surface area contributed by atoms with E-state index in [1.165, 1.54) is 12.1 Å². The van der Waals surface area contributed by atoms with Gasteiger partial charge in [-0.15, -0.1) is 11.6 Å². The Bertz CT molecular complexity index is 478. The quantitative estimate of drug-likeness (QED) is 0.847. The summed E-state index contributed by atoms with van der Waals surface area (Å²) in [6, 6.07) is 4.39. The number of carbonyl (C=O) groups excluding carboxylic acids is 1. The highest BCUT2D eigenvalue weighted by Crippen LogP contribution is 2.33. The van der Waals surface area contributed by atoms with E-state index in [1.807, 2.05) is 0 Å². The summed E-state index contributed by atoms with van der Waals surface area (Å²) >= 11 is 5.80. The Labute approximate surface area is 113 Å². The third kappa shape index (κ3) is 3.03. The molecule has 0 atom stereocenters. The topological polar surface area (TPSA) is 29.1 Å². The van der Waals surface area contributed by atoms with E-state index in [4.69, 9.17) is 11.6 Å². The predicted octanol–water partition coefficient (Wildman–Crippen LogP) is 3.60.